The van der Waals surface area contributed by atoms with Gasteiger partial charge in [0.25, 0.3) is 5.91 Å². The molecule has 0 aliphatic carbocycles. The molecule has 0 rings (SSSR count). The van der Waals surface area contributed by atoms with Crippen molar-refractivity contribution in [2.75, 3.05) is 0 Å². The van der Waals surface area contributed by atoms with Gasteiger partial charge in [-0.2, -0.15) is 0 Å². The third kappa shape index (κ3) is 4.40. The molecule has 0 atom stereocenters. The van der Waals surface area contributed by atoms with Gasteiger partial charge in [-0.25, -0.2) is 0 Å². The number of carbonyl (C=O) groups is 2. The first kappa shape index (κ1) is 9.52. The first-order chi connectivity index (χ1) is 4.54. The fourth-order valence-electron chi connectivity index (χ4n) is 0.204. The number of amides is 2. The molecule has 0 bridgehead atoms. The van der Waals surface area contributed by atoms with Gasteiger partial charge in [-0.3, -0.25) is 20.4 Å². The molecule has 0 fully saturated rings. The van der Waals surface area contributed by atoms with E-state index in [1.165, 1.54) is 6.92 Å². The van der Waals surface area contributed by atoms with Gasteiger partial charge in [-0.05, 0) is 0 Å². The molecule has 0 aliphatic rings. The fourth-order valence-corrected chi connectivity index (χ4v) is 0.313. The first-order valence-electron chi connectivity index (χ1n) is 2.38. The molecule has 58 valence electrons. The van der Waals surface area contributed by atoms with Crippen LogP contribution in [0.3, 0.4) is 0 Å². The van der Waals surface area contributed by atoms with E-state index in [9.17, 15) is 9.59 Å². The van der Waals surface area contributed by atoms with Crippen molar-refractivity contribution in [3.63, 3.8) is 0 Å². The van der Waals surface area contributed by atoms with Crippen LogP contribution in [0.4, 0.5) is 0 Å². The van der Waals surface area contributed by atoms with Gasteiger partial charge in [0.1, 0.15) is 0 Å². The van der Waals surface area contributed by atoms with Gasteiger partial charge in [0.05, 0.1) is 0 Å². The van der Waals surface area contributed by atoms with Gasteiger partial charge in [0.15, 0.2) is 4.84 Å². The quantitative estimate of drug-likeness (QED) is 0.444. The highest BCUT2D eigenvalue weighted by Crippen LogP contribution is 1.98. The van der Waals surface area contributed by atoms with Crippen molar-refractivity contribution in [1.82, 2.24) is 10.9 Å². The topological polar surface area (TPSA) is 58.2 Å². The second-order valence-corrected chi connectivity index (χ2v) is 2.57. The Morgan fingerprint density at radius 1 is 1.30 bits per heavy atom. The molecule has 0 unspecified atom stereocenters. The van der Waals surface area contributed by atoms with Crippen LogP contribution >= 0.6 is 23.2 Å². The SMILES string of the molecule is CC(=O)NNC(=O)C(Cl)Cl. The summed E-state index contributed by atoms with van der Waals surface area (Å²) in [6.07, 6.45) is 0. The summed E-state index contributed by atoms with van der Waals surface area (Å²) in [5, 5.41) is 0. The van der Waals surface area contributed by atoms with Gasteiger partial charge in [0.2, 0.25) is 5.91 Å². The van der Waals surface area contributed by atoms with E-state index in [0.29, 0.717) is 0 Å². The van der Waals surface area contributed by atoms with E-state index in [-0.39, 0.29) is 5.91 Å². The van der Waals surface area contributed by atoms with E-state index in [0.717, 1.165) is 0 Å². The van der Waals surface area contributed by atoms with Gasteiger partial charge in [-0.1, -0.05) is 23.2 Å². The maximum Gasteiger partial charge on any atom is 0.271 e. The predicted molar refractivity (Wildman–Crippen MR) is 37.5 cm³/mol. The highest BCUT2D eigenvalue weighted by atomic mass is 35.5. The summed E-state index contributed by atoms with van der Waals surface area (Å²) in [6.45, 7) is 1.25. The molecule has 0 aromatic rings. The zero-order valence-corrected chi connectivity index (χ0v) is 6.66. The van der Waals surface area contributed by atoms with Gasteiger partial charge >= 0.3 is 0 Å². The van der Waals surface area contributed by atoms with Gasteiger partial charge in [-0.15, -0.1) is 0 Å². The fraction of sp³-hybridized carbons (Fsp3) is 0.500. The molecule has 0 heterocycles. The van der Waals surface area contributed by atoms with Gasteiger partial charge < -0.3 is 0 Å². The molecule has 0 aliphatic heterocycles. The van der Waals surface area contributed by atoms with Crippen molar-refractivity contribution >= 4 is 35.0 Å². The summed E-state index contributed by atoms with van der Waals surface area (Å²) in [6, 6.07) is 0. The lowest BCUT2D eigenvalue weighted by Crippen LogP contribution is -2.42. The lowest BCUT2D eigenvalue weighted by Gasteiger charge is -2.03. The normalized spacial score (nSPS) is 9.20. The lowest BCUT2D eigenvalue weighted by molar-refractivity contribution is -0.126. The Hall–Kier alpha value is -0.480. The molecular formula is C4H6Cl2N2O2. The second kappa shape index (κ2) is 4.35. The van der Waals surface area contributed by atoms with E-state index in [1.54, 1.807) is 0 Å². The van der Waals surface area contributed by atoms with Crippen LogP contribution in [0.5, 0.6) is 0 Å². The zero-order valence-electron chi connectivity index (χ0n) is 5.15. The third-order valence-corrected chi connectivity index (χ3v) is 0.956. The van der Waals surface area contributed by atoms with E-state index in [2.05, 4.69) is 0 Å². The Morgan fingerprint density at radius 2 is 1.80 bits per heavy atom. The highest BCUT2D eigenvalue weighted by Gasteiger charge is 2.09. The van der Waals surface area contributed by atoms with Crippen LogP contribution in [0.15, 0.2) is 0 Å². The summed E-state index contributed by atoms with van der Waals surface area (Å²) in [5.74, 6) is -1.04. The average molecular weight is 185 g/mol. The number of halogens is 2. The number of hydrogen-bond donors (Lipinski definition) is 2. The maximum atomic E-state index is 10.5. The van der Waals surface area contributed by atoms with Crippen LogP contribution in [0, 0.1) is 0 Å². The number of alkyl halides is 2. The van der Waals surface area contributed by atoms with Crippen molar-refractivity contribution < 1.29 is 9.59 Å². The largest absolute Gasteiger partial charge is 0.274 e. The van der Waals surface area contributed by atoms with E-state index in [1.807, 2.05) is 10.9 Å². The highest BCUT2D eigenvalue weighted by molar-refractivity contribution is 6.53. The van der Waals surface area contributed by atoms with Crippen molar-refractivity contribution in [2.45, 2.75) is 11.8 Å². The molecule has 0 saturated carbocycles. The van der Waals surface area contributed by atoms with Crippen LogP contribution in [-0.4, -0.2) is 16.7 Å². The second-order valence-electron chi connectivity index (χ2n) is 1.47. The van der Waals surface area contributed by atoms with Crippen LogP contribution in [0.25, 0.3) is 0 Å². The van der Waals surface area contributed by atoms with Crippen LogP contribution in [0.1, 0.15) is 6.92 Å². The van der Waals surface area contributed by atoms with Crippen LogP contribution < -0.4 is 10.9 Å². The number of hydrazine groups is 1. The number of carbonyl (C=O) groups excluding carboxylic acids is 2. The number of hydrogen-bond acceptors (Lipinski definition) is 2. The number of nitrogens with one attached hydrogen (secondary N) is 2. The first-order valence-corrected chi connectivity index (χ1v) is 3.26. The lowest BCUT2D eigenvalue weighted by atomic mass is 10.7. The molecule has 6 heteroatoms. The van der Waals surface area contributed by atoms with Crippen molar-refractivity contribution in [3.05, 3.63) is 0 Å². The molecule has 2 amide bonds. The van der Waals surface area contributed by atoms with Crippen LogP contribution in [-0.2, 0) is 9.59 Å². The Balaban J connectivity index is 3.50. The standard InChI is InChI=1S/C4H6Cl2N2O2/c1-2(9)7-8-4(10)3(5)6/h3H,1H3,(H,7,9)(H,8,10). The zero-order chi connectivity index (χ0) is 8.15. The third-order valence-electron chi connectivity index (χ3n) is 0.560. The summed E-state index contributed by atoms with van der Waals surface area (Å²) in [5.41, 5.74) is 4.00. The molecule has 10 heavy (non-hydrogen) atoms. The number of rotatable bonds is 1. The Bertz CT molecular complexity index is 148. The molecule has 0 aromatic heterocycles. The molecule has 0 aromatic carbocycles. The Kier molecular flexibility index (Phi) is 4.14. The minimum absolute atomic E-state index is 0.387. The molecule has 2 N–H and O–H groups in total. The molecule has 0 saturated heterocycles. The summed E-state index contributed by atoms with van der Waals surface area (Å²) < 4.78 is 0. The molecular weight excluding hydrogens is 179 g/mol. The summed E-state index contributed by atoms with van der Waals surface area (Å²) in [4.78, 5) is 19.5. The van der Waals surface area contributed by atoms with Crippen LogP contribution in [0.2, 0.25) is 0 Å². The summed E-state index contributed by atoms with van der Waals surface area (Å²) in [7, 11) is 0. The molecule has 4 nitrogen and oxygen atoms in total. The Morgan fingerprint density at radius 3 is 2.10 bits per heavy atom. The van der Waals surface area contributed by atoms with E-state index < -0.39 is 10.7 Å². The average Bonchev–Trinajstić information content (AvgIpc) is 1.82. The monoisotopic (exact) mass is 184 g/mol. The van der Waals surface area contributed by atoms with Crippen molar-refractivity contribution in [2.24, 2.45) is 0 Å². The van der Waals surface area contributed by atoms with Crippen molar-refractivity contribution in [3.8, 4) is 0 Å². The minimum Gasteiger partial charge on any atom is -0.274 e. The van der Waals surface area contributed by atoms with Crippen molar-refractivity contribution in [1.29, 1.82) is 0 Å². The smallest absolute Gasteiger partial charge is 0.271 e. The van der Waals surface area contributed by atoms with Gasteiger partial charge in [0, 0.05) is 6.92 Å². The van der Waals surface area contributed by atoms with E-state index in [4.69, 9.17) is 23.2 Å². The molecule has 0 spiro atoms. The molecule has 0 radical (unpaired) electrons. The predicted octanol–water partition coefficient (Wildman–Crippen LogP) is -0.0426. The summed E-state index contributed by atoms with van der Waals surface area (Å²) >= 11 is 10.2. The Labute approximate surface area is 67.8 Å². The minimum atomic E-state index is -1.16. The maximum absolute atomic E-state index is 10.5. The van der Waals surface area contributed by atoms with E-state index >= 15 is 0 Å².